The van der Waals surface area contributed by atoms with Gasteiger partial charge in [0.1, 0.15) is 0 Å². The highest BCUT2D eigenvalue weighted by atomic mass is 16.1. The van der Waals surface area contributed by atoms with E-state index in [0.717, 1.165) is 0 Å². The summed E-state index contributed by atoms with van der Waals surface area (Å²) in [5.74, 6) is 1.52. The van der Waals surface area contributed by atoms with Crippen molar-refractivity contribution >= 4 is 12.2 Å². The maximum absolute atomic E-state index is 9.60. The van der Waals surface area contributed by atoms with E-state index in [9.17, 15) is 4.79 Å². The van der Waals surface area contributed by atoms with Gasteiger partial charge in [0.25, 0.3) is 0 Å². The lowest BCUT2D eigenvalue weighted by molar-refractivity contribution is 0.568. The highest BCUT2D eigenvalue weighted by Gasteiger charge is 1.92. The van der Waals surface area contributed by atoms with E-state index in [4.69, 9.17) is 0 Å². The van der Waals surface area contributed by atoms with Crippen LogP contribution in [0.1, 0.15) is 0 Å². The van der Waals surface area contributed by atoms with Gasteiger partial charge in [-0.05, 0) is 5.22 Å². The van der Waals surface area contributed by atoms with Crippen molar-refractivity contribution in [1.29, 1.82) is 0 Å². The summed E-state index contributed by atoms with van der Waals surface area (Å²) >= 11 is 0. The topological polar surface area (TPSA) is 54.1 Å². The molecule has 1 rings (SSSR count). The largest absolute Gasteiger partial charge is 0.231 e. The molecular formula is C3HN3O. The third-order valence-electron chi connectivity index (χ3n) is 0.489. The lowest BCUT2D eigenvalue weighted by atomic mass is 10.6. The molecular weight excluding hydrogens is 94.1 g/mol. The molecule has 0 saturated carbocycles. The van der Waals surface area contributed by atoms with Crippen LogP contribution in [0, 0.1) is 0 Å². The minimum absolute atomic E-state index is 0.153. The van der Waals surface area contributed by atoms with Crippen molar-refractivity contribution in [3.8, 4) is 0 Å². The number of hydrogen-bond donors (Lipinski definition) is 0. The van der Waals surface area contributed by atoms with Crippen LogP contribution < -0.4 is 0 Å². The molecule has 1 aliphatic rings. The van der Waals surface area contributed by atoms with Crippen molar-refractivity contribution in [2.75, 3.05) is 0 Å². The molecule has 4 heteroatoms. The van der Waals surface area contributed by atoms with E-state index in [-0.39, 0.29) is 5.70 Å². The van der Waals surface area contributed by atoms with Crippen molar-refractivity contribution in [2.45, 2.75) is 0 Å². The van der Waals surface area contributed by atoms with Gasteiger partial charge in [-0.1, -0.05) is 0 Å². The molecule has 0 atom stereocenters. The zero-order chi connectivity index (χ0) is 5.11. The lowest BCUT2D eigenvalue weighted by Gasteiger charge is -1.61. The van der Waals surface area contributed by atoms with E-state index in [1.54, 1.807) is 0 Å². The van der Waals surface area contributed by atoms with Gasteiger partial charge in [-0.3, -0.25) is 0 Å². The minimum atomic E-state index is 0.153. The number of hydrogen-bond acceptors (Lipinski definition) is 4. The minimum Gasteiger partial charge on any atom is -0.231 e. The van der Waals surface area contributed by atoms with Gasteiger partial charge < -0.3 is 0 Å². The molecule has 0 amide bonds. The molecule has 0 aliphatic carbocycles. The third-order valence-corrected chi connectivity index (χ3v) is 0.489. The van der Waals surface area contributed by atoms with Crippen LogP contribution in [0.2, 0.25) is 0 Å². The first-order valence-corrected chi connectivity index (χ1v) is 1.62. The summed E-state index contributed by atoms with van der Waals surface area (Å²) in [6.45, 7) is 0. The Morgan fingerprint density at radius 3 is 2.86 bits per heavy atom. The summed E-state index contributed by atoms with van der Waals surface area (Å²) in [4.78, 5) is 9.60. The summed E-state index contributed by atoms with van der Waals surface area (Å²) in [6, 6.07) is 0. The van der Waals surface area contributed by atoms with Crippen molar-refractivity contribution in [3.63, 3.8) is 0 Å². The highest BCUT2D eigenvalue weighted by molar-refractivity contribution is 5.89. The average Bonchev–Trinajstić information content (AvgIpc) is 2.14. The predicted molar refractivity (Wildman–Crippen MR) is 22.6 cm³/mol. The van der Waals surface area contributed by atoms with Gasteiger partial charge in [-0.25, -0.2) is 4.79 Å². The summed E-state index contributed by atoms with van der Waals surface area (Å²) in [5.41, 5.74) is 0.153. The molecule has 0 spiro atoms. The maximum Gasteiger partial charge on any atom is 0.191 e. The van der Waals surface area contributed by atoms with Gasteiger partial charge in [-0.15, -0.1) is 10.2 Å². The van der Waals surface area contributed by atoms with Crippen molar-refractivity contribution in [3.05, 3.63) is 5.70 Å². The molecule has 1 aliphatic heterocycles. The lowest BCUT2D eigenvalue weighted by Crippen LogP contribution is -1.70. The third kappa shape index (κ3) is 0.586. The zero-order valence-corrected chi connectivity index (χ0v) is 3.33. The summed E-state index contributed by atoms with van der Waals surface area (Å²) < 4.78 is 0. The van der Waals surface area contributed by atoms with Gasteiger partial charge in [0.15, 0.2) is 11.6 Å². The van der Waals surface area contributed by atoms with Crippen LogP contribution in [-0.4, -0.2) is 12.2 Å². The van der Waals surface area contributed by atoms with Gasteiger partial charge in [0.2, 0.25) is 0 Å². The molecule has 0 fully saturated rings. The first kappa shape index (κ1) is 3.89. The van der Waals surface area contributed by atoms with Crippen molar-refractivity contribution in [1.82, 2.24) is 0 Å². The Hall–Kier alpha value is -1.28. The van der Waals surface area contributed by atoms with Crippen LogP contribution in [0.3, 0.4) is 0 Å². The number of allylic oxidation sites excluding steroid dienone is 1. The maximum atomic E-state index is 9.60. The monoisotopic (exact) mass is 95.0 g/mol. The standard InChI is InChI=1S/C3HN3O/c7-2-3-1-4-6-5-3/h1H. The summed E-state index contributed by atoms with van der Waals surface area (Å²) in [7, 11) is 0. The quantitative estimate of drug-likeness (QED) is 0.395. The average molecular weight is 95.1 g/mol. The molecule has 0 radical (unpaired) electrons. The Balaban J connectivity index is 3.00. The van der Waals surface area contributed by atoms with Gasteiger partial charge in [-0.2, -0.15) is 0 Å². The molecule has 0 bridgehead atoms. The smallest absolute Gasteiger partial charge is 0.191 e. The number of nitrogens with zero attached hydrogens (tertiary/aromatic N) is 3. The Bertz CT molecular complexity index is 161. The first-order chi connectivity index (χ1) is 3.43. The zero-order valence-electron chi connectivity index (χ0n) is 3.33. The van der Waals surface area contributed by atoms with E-state index in [1.165, 1.54) is 12.2 Å². The molecule has 4 nitrogen and oxygen atoms in total. The van der Waals surface area contributed by atoms with Crippen LogP contribution in [0.5, 0.6) is 0 Å². The Kier molecular flexibility index (Phi) is 0.805. The fraction of sp³-hybridized carbons (Fsp3) is 0. The van der Waals surface area contributed by atoms with Crippen LogP contribution in [0.4, 0.5) is 0 Å². The second-order valence-electron chi connectivity index (χ2n) is 0.921. The number of carbonyl (C=O) groups excluding carboxylic acids is 1. The van der Waals surface area contributed by atoms with Crippen LogP contribution in [-0.2, 0) is 4.79 Å². The normalized spacial score (nSPS) is 15.1. The van der Waals surface area contributed by atoms with E-state index in [1.807, 2.05) is 0 Å². The number of rotatable bonds is 0. The molecule has 0 unspecified atom stereocenters. The molecule has 0 aromatic heterocycles. The van der Waals surface area contributed by atoms with E-state index < -0.39 is 0 Å². The van der Waals surface area contributed by atoms with Gasteiger partial charge >= 0.3 is 0 Å². The first-order valence-electron chi connectivity index (χ1n) is 1.62. The summed E-state index contributed by atoms with van der Waals surface area (Å²) in [6.07, 6.45) is 1.24. The molecule has 34 valence electrons. The SMILES string of the molecule is O=C=C1C=NN=N1. The van der Waals surface area contributed by atoms with Crippen LogP contribution in [0.15, 0.2) is 21.1 Å². The fourth-order valence-corrected chi connectivity index (χ4v) is 0.227. The highest BCUT2D eigenvalue weighted by Crippen LogP contribution is 1.95. The van der Waals surface area contributed by atoms with Crippen molar-refractivity contribution < 1.29 is 4.79 Å². The van der Waals surface area contributed by atoms with Crippen LogP contribution >= 0.6 is 0 Å². The van der Waals surface area contributed by atoms with E-state index in [2.05, 4.69) is 15.4 Å². The van der Waals surface area contributed by atoms with Gasteiger partial charge in [0.05, 0.1) is 6.21 Å². The summed E-state index contributed by atoms with van der Waals surface area (Å²) in [5, 5.41) is 9.65. The Morgan fingerprint density at radius 1 is 1.71 bits per heavy atom. The molecule has 0 saturated heterocycles. The molecule has 1 heterocycles. The van der Waals surface area contributed by atoms with E-state index in [0.29, 0.717) is 0 Å². The predicted octanol–water partition coefficient (Wildman–Crippen LogP) is 0.154. The van der Waals surface area contributed by atoms with Crippen molar-refractivity contribution in [2.24, 2.45) is 15.4 Å². The Morgan fingerprint density at radius 2 is 2.57 bits per heavy atom. The van der Waals surface area contributed by atoms with Gasteiger partial charge in [0, 0.05) is 0 Å². The Labute approximate surface area is 39.2 Å². The molecule has 0 N–H and O–H groups in total. The second-order valence-corrected chi connectivity index (χ2v) is 0.921. The molecule has 0 aromatic rings. The molecule has 7 heavy (non-hydrogen) atoms. The van der Waals surface area contributed by atoms with E-state index >= 15 is 0 Å². The second kappa shape index (κ2) is 1.45. The van der Waals surface area contributed by atoms with Crippen LogP contribution in [0.25, 0.3) is 0 Å². The molecule has 0 aromatic carbocycles. The fourth-order valence-electron chi connectivity index (χ4n) is 0.227.